The summed E-state index contributed by atoms with van der Waals surface area (Å²) in [5.41, 5.74) is 1.47. The molecule has 2 heterocycles. The molecule has 0 bridgehead atoms. The molecule has 0 saturated heterocycles. The van der Waals surface area contributed by atoms with E-state index in [1.807, 2.05) is 22.9 Å². The zero-order valence-corrected chi connectivity index (χ0v) is 14.5. The quantitative estimate of drug-likeness (QED) is 0.755. The number of hydrogen-bond acceptors (Lipinski definition) is 7. The van der Waals surface area contributed by atoms with Crippen molar-refractivity contribution in [2.75, 3.05) is 7.11 Å². The largest absolute Gasteiger partial charge is 0.507 e. The van der Waals surface area contributed by atoms with Crippen LogP contribution in [0.25, 0.3) is 16.3 Å². The average Bonchev–Trinajstić information content (AvgIpc) is 3.37. The second-order valence-electron chi connectivity index (χ2n) is 5.96. The van der Waals surface area contributed by atoms with Crippen LogP contribution in [0.2, 0.25) is 0 Å². The first-order chi connectivity index (χ1) is 12.2. The number of hydrogen-bond donors (Lipinski definition) is 1. The van der Waals surface area contributed by atoms with Gasteiger partial charge in [0.15, 0.2) is 5.01 Å². The Morgan fingerprint density at radius 2 is 2.12 bits per heavy atom. The maximum atomic E-state index is 10.4. The van der Waals surface area contributed by atoms with Gasteiger partial charge in [-0.3, -0.25) is 0 Å². The summed E-state index contributed by atoms with van der Waals surface area (Å²) in [5.74, 6) is 0.147. The van der Waals surface area contributed by atoms with Crippen molar-refractivity contribution in [3.63, 3.8) is 0 Å². The maximum absolute atomic E-state index is 10.4. The molecule has 1 saturated carbocycles. The highest BCUT2D eigenvalue weighted by molar-refractivity contribution is 7.16. The molecule has 1 N–H and O–H groups in total. The molecule has 0 aliphatic heterocycles. The van der Waals surface area contributed by atoms with Gasteiger partial charge in [0.25, 0.3) is 5.19 Å². The number of methoxy groups -OCH3 is 1. The highest BCUT2D eigenvalue weighted by Crippen LogP contribution is 2.36. The second-order valence-corrected chi connectivity index (χ2v) is 6.90. The molecule has 0 amide bonds. The third kappa shape index (κ3) is 3.35. The van der Waals surface area contributed by atoms with E-state index in [1.165, 1.54) is 11.3 Å². The van der Waals surface area contributed by atoms with E-state index in [0.29, 0.717) is 15.8 Å². The normalized spacial score (nSPS) is 20.0. The van der Waals surface area contributed by atoms with E-state index in [-0.39, 0.29) is 18.0 Å². The molecule has 1 fully saturated rings. The molecule has 1 aromatic carbocycles. The Hall–Kier alpha value is -2.45. The number of imidazole rings is 1. The second kappa shape index (κ2) is 6.81. The van der Waals surface area contributed by atoms with Gasteiger partial charge in [-0.2, -0.15) is 0 Å². The monoisotopic (exact) mass is 358 g/mol. The first-order valence-corrected chi connectivity index (χ1v) is 8.89. The molecule has 4 rings (SSSR count). The lowest BCUT2D eigenvalue weighted by Crippen LogP contribution is -2.14. The van der Waals surface area contributed by atoms with Gasteiger partial charge in [0.1, 0.15) is 11.9 Å². The van der Waals surface area contributed by atoms with Crippen LogP contribution < -0.4 is 4.74 Å². The van der Waals surface area contributed by atoms with Gasteiger partial charge in [-0.25, -0.2) is 4.98 Å². The standard InChI is InChI=1S/C17H18N4O3S/c1-23-12-3-4-13(9-12)24-17-20-19-16(25-17)14-5-2-11(8-15(14)22)21-7-6-18-10-21/h2,5-8,10,12-13,22H,3-4,9H2,1H3/t12-,13+/m1/s1. The number of nitrogens with zero attached hydrogens (tertiary/aromatic N) is 4. The van der Waals surface area contributed by atoms with Gasteiger partial charge in [0, 0.05) is 32.0 Å². The number of ether oxygens (including phenoxy) is 2. The first kappa shape index (κ1) is 16.0. The summed E-state index contributed by atoms with van der Waals surface area (Å²) >= 11 is 1.33. The van der Waals surface area contributed by atoms with Crippen molar-refractivity contribution in [2.45, 2.75) is 31.5 Å². The van der Waals surface area contributed by atoms with Gasteiger partial charge in [0.05, 0.1) is 23.7 Å². The van der Waals surface area contributed by atoms with Crippen molar-refractivity contribution in [2.24, 2.45) is 0 Å². The van der Waals surface area contributed by atoms with Crippen LogP contribution in [0.15, 0.2) is 36.9 Å². The zero-order valence-electron chi connectivity index (χ0n) is 13.7. The van der Waals surface area contributed by atoms with E-state index in [2.05, 4.69) is 15.2 Å². The minimum atomic E-state index is 0.114. The fourth-order valence-electron chi connectivity index (χ4n) is 3.00. The van der Waals surface area contributed by atoms with Gasteiger partial charge < -0.3 is 19.1 Å². The molecule has 25 heavy (non-hydrogen) atoms. The van der Waals surface area contributed by atoms with Crippen molar-refractivity contribution in [3.05, 3.63) is 36.9 Å². The lowest BCUT2D eigenvalue weighted by molar-refractivity contribution is 0.0945. The maximum Gasteiger partial charge on any atom is 0.294 e. The van der Waals surface area contributed by atoms with Crippen LogP contribution in [0.4, 0.5) is 0 Å². The topological polar surface area (TPSA) is 82.3 Å². The third-order valence-corrected chi connectivity index (χ3v) is 5.21. The highest BCUT2D eigenvalue weighted by atomic mass is 32.1. The molecule has 1 aliphatic rings. The van der Waals surface area contributed by atoms with Gasteiger partial charge in [-0.1, -0.05) is 16.4 Å². The molecule has 0 spiro atoms. The Morgan fingerprint density at radius 1 is 1.24 bits per heavy atom. The Bertz CT molecular complexity index is 849. The fourth-order valence-corrected chi connectivity index (χ4v) is 3.80. The minimum Gasteiger partial charge on any atom is -0.507 e. The molecule has 8 heteroatoms. The Morgan fingerprint density at radius 3 is 2.84 bits per heavy atom. The summed E-state index contributed by atoms with van der Waals surface area (Å²) in [6, 6.07) is 5.41. The lowest BCUT2D eigenvalue weighted by Gasteiger charge is -2.10. The number of aromatic hydroxyl groups is 1. The summed E-state index contributed by atoms with van der Waals surface area (Å²) in [6.45, 7) is 0. The van der Waals surface area contributed by atoms with Gasteiger partial charge in [0.2, 0.25) is 0 Å². The van der Waals surface area contributed by atoms with E-state index >= 15 is 0 Å². The van der Waals surface area contributed by atoms with Gasteiger partial charge in [-0.15, -0.1) is 5.10 Å². The van der Waals surface area contributed by atoms with Crippen LogP contribution in [0.5, 0.6) is 10.9 Å². The molecular formula is C17H18N4O3S. The number of phenols is 1. The summed E-state index contributed by atoms with van der Waals surface area (Å²) in [6.07, 6.45) is 8.40. The van der Waals surface area contributed by atoms with Crippen LogP contribution in [0.3, 0.4) is 0 Å². The first-order valence-electron chi connectivity index (χ1n) is 8.07. The molecule has 2 aromatic heterocycles. The van der Waals surface area contributed by atoms with Crippen molar-refractivity contribution >= 4 is 11.3 Å². The molecule has 1 aliphatic carbocycles. The Labute approximate surface area is 148 Å². The van der Waals surface area contributed by atoms with Crippen LogP contribution in [-0.2, 0) is 4.74 Å². The minimum absolute atomic E-state index is 0.114. The van der Waals surface area contributed by atoms with Crippen molar-refractivity contribution in [3.8, 4) is 27.2 Å². The predicted octanol–water partition coefficient (Wildman–Crippen LogP) is 3.04. The molecule has 0 unspecified atom stereocenters. The van der Waals surface area contributed by atoms with Crippen LogP contribution in [0.1, 0.15) is 19.3 Å². The van der Waals surface area contributed by atoms with Gasteiger partial charge >= 0.3 is 0 Å². The van der Waals surface area contributed by atoms with E-state index in [9.17, 15) is 5.11 Å². The number of rotatable bonds is 5. The lowest BCUT2D eigenvalue weighted by atomic mass is 10.2. The van der Waals surface area contributed by atoms with Crippen molar-refractivity contribution < 1.29 is 14.6 Å². The smallest absolute Gasteiger partial charge is 0.294 e. The molecule has 7 nitrogen and oxygen atoms in total. The predicted molar refractivity (Wildman–Crippen MR) is 93.2 cm³/mol. The van der Waals surface area contributed by atoms with Crippen molar-refractivity contribution in [1.29, 1.82) is 0 Å². The Balaban J connectivity index is 1.50. The van der Waals surface area contributed by atoms with E-state index < -0.39 is 0 Å². The van der Waals surface area contributed by atoms with Gasteiger partial charge in [-0.05, 0) is 25.0 Å². The van der Waals surface area contributed by atoms with Crippen LogP contribution >= 0.6 is 11.3 Å². The van der Waals surface area contributed by atoms with Crippen molar-refractivity contribution in [1.82, 2.24) is 19.7 Å². The number of benzene rings is 1. The zero-order chi connectivity index (χ0) is 17.2. The molecular weight excluding hydrogens is 340 g/mol. The van der Waals surface area contributed by atoms with E-state index in [1.54, 1.807) is 25.7 Å². The summed E-state index contributed by atoms with van der Waals surface area (Å²) in [4.78, 5) is 4.01. The molecule has 0 radical (unpaired) electrons. The highest BCUT2D eigenvalue weighted by Gasteiger charge is 2.27. The average molecular weight is 358 g/mol. The fraction of sp³-hybridized carbons (Fsp3) is 0.353. The summed E-state index contributed by atoms with van der Waals surface area (Å²) < 4.78 is 13.1. The SMILES string of the molecule is CO[C@@H]1CC[C@H](Oc2nnc(-c3ccc(-n4ccnc4)cc3O)s2)C1. The number of phenolic OH excluding ortho intramolecular Hbond substituents is 1. The molecule has 2 atom stereocenters. The summed E-state index contributed by atoms with van der Waals surface area (Å²) in [7, 11) is 1.73. The molecule has 130 valence electrons. The number of aromatic nitrogens is 4. The van der Waals surface area contributed by atoms with E-state index in [4.69, 9.17) is 9.47 Å². The Kier molecular flexibility index (Phi) is 4.37. The van der Waals surface area contributed by atoms with E-state index in [0.717, 1.165) is 24.9 Å². The third-order valence-electron chi connectivity index (χ3n) is 4.36. The summed E-state index contributed by atoms with van der Waals surface area (Å²) in [5, 5.41) is 19.8. The van der Waals surface area contributed by atoms with Crippen LogP contribution in [-0.4, -0.2) is 44.2 Å². The molecule has 3 aromatic rings. The van der Waals surface area contributed by atoms with Crippen LogP contribution in [0, 0.1) is 0 Å².